The number of nitrogens with zero attached hydrogens (tertiary/aromatic N) is 1. The molecule has 5 heteroatoms. The lowest BCUT2D eigenvalue weighted by Crippen LogP contribution is -2.38. The molecule has 0 bridgehead atoms. The Labute approximate surface area is 119 Å². The first-order valence-corrected chi connectivity index (χ1v) is 7.12. The molecule has 2 rings (SSSR count). The van der Waals surface area contributed by atoms with E-state index in [2.05, 4.69) is 4.90 Å². The molecule has 0 saturated carbocycles. The summed E-state index contributed by atoms with van der Waals surface area (Å²) in [6.07, 6.45) is 0.616. The van der Waals surface area contributed by atoms with Crippen LogP contribution in [0.3, 0.4) is 0 Å². The van der Waals surface area contributed by atoms with Gasteiger partial charge in [-0.15, -0.1) is 0 Å². The highest BCUT2D eigenvalue weighted by Crippen LogP contribution is 2.21. The fraction of sp³-hybridized carbons (Fsp3) is 0.600. The first kappa shape index (κ1) is 15.2. The average Bonchev–Trinajstić information content (AvgIpc) is 2.42. The molecule has 1 atom stereocenters. The van der Waals surface area contributed by atoms with Crippen LogP contribution < -0.4 is 10.5 Å². The third-order valence-electron chi connectivity index (χ3n) is 3.33. The summed E-state index contributed by atoms with van der Waals surface area (Å²) < 4.78 is 24.4. The zero-order chi connectivity index (χ0) is 14.4. The van der Waals surface area contributed by atoms with Gasteiger partial charge in [0.1, 0.15) is 18.2 Å². The highest BCUT2D eigenvalue weighted by Gasteiger charge is 2.11. The smallest absolute Gasteiger partial charge is 0.123 e. The molecule has 4 nitrogen and oxygen atoms in total. The normalized spacial score (nSPS) is 17.9. The van der Waals surface area contributed by atoms with Crippen LogP contribution in [0.5, 0.6) is 5.75 Å². The Morgan fingerprint density at radius 3 is 2.85 bits per heavy atom. The molecule has 0 spiro atoms. The van der Waals surface area contributed by atoms with Crippen LogP contribution in [0.25, 0.3) is 0 Å². The highest BCUT2D eigenvalue weighted by atomic mass is 19.1. The molecule has 1 saturated heterocycles. The standard InChI is InChI=1S/C15H23FN2O2/c1-12(17)10-13-11-14(16)2-3-15(13)20-9-6-18-4-7-19-8-5-18/h2-3,11-12H,4-10,17H2,1H3. The summed E-state index contributed by atoms with van der Waals surface area (Å²) in [7, 11) is 0. The Hall–Kier alpha value is -1.17. The monoisotopic (exact) mass is 282 g/mol. The minimum Gasteiger partial charge on any atom is -0.492 e. The van der Waals surface area contributed by atoms with Gasteiger partial charge in [0.15, 0.2) is 0 Å². The maximum atomic E-state index is 13.3. The predicted octanol–water partition coefficient (Wildman–Crippen LogP) is 1.43. The van der Waals surface area contributed by atoms with Crippen molar-refractivity contribution in [2.24, 2.45) is 5.73 Å². The molecular weight excluding hydrogens is 259 g/mol. The Morgan fingerprint density at radius 1 is 1.40 bits per heavy atom. The fourth-order valence-corrected chi connectivity index (χ4v) is 2.30. The van der Waals surface area contributed by atoms with Crippen molar-refractivity contribution in [1.82, 2.24) is 4.90 Å². The van der Waals surface area contributed by atoms with E-state index in [0.29, 0.717) is 13.0 Å². The molecule has 1 aliphatic heterocycles. The molecule has 1 aromatic carbocycles. The number of morpholine rings is 1. The van der Waals surface area contributed by atoms with E-state index in [0.717, 1.165) is 44.2 Å². The van der Waals surface area contributed by atoms with Gasteiger partial charge < -0.3 is 15.2 Å². The van der Waals surface area contributed by atoms with E-state index in [-0.39, 0.29) is 11.9 Å². The van der Waals surface area contributed by atoms with Crippen molar-refractivity contribution >= 4 is 0 Å². The van der Waals surface area contributed by atoms with Gasteiger partial charge in [-0.25, -0.2) is 4.39 Å². The summed E-state index contributed by atoms with van der Waals surface area (Å²) in [6.45, 7) is 6.82. The van der Waals surface area contributed by atoms with Crippen molar-refractivity contribution in [3.8, 4) is 5.75 Å². The molecule has 1 unspecified atom stereocenters. The molecule has 0 aromatic heterocycles. The minimum atomic E-state index is -0.249. The second kappa shape index (κ2) is 7.57. The average molecular weight is 282 g/mol. The summed E-state index contributed by atoms with van der Waals surface area (Å²) >= 11 is 0. The SMILES string of the molecule is CC(N)Cc1cc(F)ccc1OCCN1CCOCC1. The van der Waals surface area contributed by atoms with Crippen molar-refractivity contribution in [1.29, 1.82) is 0 Å². The van der Waals surface area contributed by atoms with Gasteiger partial charge in [0, 0.05) is 25.7 Å². The predicted molar refractivity (Wildman–Crippen MR) is 76.5 cm³/mol. The van der Waals surface area contributed by atoms with Gasteiger partial charge >= 0.3 is 0 Å². The van der Waals surface area contributed by atoms with E-state index in [1.807, 2.05) is 6.92 Å². The zero-order valence-corrected chi connectivity index (χ0v) is 12.0. The lowest BCUT2D eigenvalue weighted by atomic mass is 10.1. The summed E-state index contributed by atoms with van der Waals surface area (Å²) in [5.41, 5.74) is 6.62. The van der Waals surface area contributed by atoms with Gasteiger partial charge in [-0.3, -0.25) is 4.90 Å². The van der Waals surface area contributed by atoms with E-state index in [9.17, 15) is 4.39 Å². The molecular formula is C15H23FN2O2. The maximum Gasteiger partial charge on any atom is 0.123 e. The third kappa shape index (κ3) is 4.74. The van der Waals surface area contributed by atoms with Gasteiger partial charge in [0.25, 0.3) is 0 Å². The lowest BCUT2D eigenvalue weighted by molar-refractivity contribution is 0.0322. The van der Waals surface area contributed by atoms with Gasteiger partial charge in [-0.1, -0.05) is 0 Å². The Bertz CT molecular complexity index is 420. The topological polar surface area (TPSA) is 47.7 Å². The van der Waals surface area contributed by atoms with Crippen molar-refractivity contribution < 1.29 is 13.9 Å². The first-order valence-electron chi connectivity index (χ1n) is 7.12. The Balaban J connectivity index is 1.87. The van der Waals surface area contributed by atoms with E-state index in [1.54, 1.807) is 6.07 Å². The van der Waals surface area contributed by atoms with Crippen LogP contribution in [-0.2, 0) is 11.2 Å². The van der Waals surface area contributed by atoms with Gasteiger partial charge in [-0.2, -0.15) is 0 Å². The van der Waals surface area contributed by atoms with Crippen molar-refractivity contribution in [2.75, 3.05) is 39.5 Å². The number of rotatable bonds is 6. The number of halogens is 1. The number of ether oxygens (including phenoxy) is 2. The molecule has 0 amide bonds. The summed E-state index contributed by atoms with van der Waals surface area (Å²) in [5.74, 6) is 0.484. The molecule has 0 radical (unpaired) electrons. The van der Waals surface area contributed by atoms with Gasteiger partial charge in [0.05, 0.1) is 13.2 Å². The highest BCUT2D eigenvalue weighted by molar-refractivity contribution is 5.34. The summed E-state index contributed by atoms with van der Waals surface area (Å²) in [5, 5.41) is 0. The van der Waals surface area contributed by atoms with Crippen LogP contribution in [-0.4, -0.2) is 50.4 Å². The summed E-state index contributed by atoms with van der Waals surface area (Å²) in [6, 6.07) is 4.60. The molecule has 20 heavy (non-hydrogen) atoms. The minimum absolute atomic E-state index is 0.0154. The van der Waals surface area contributed by atoms with Crippen LogP contribution in [0, 0.1) is 5.82 Å². The Morgan fingerprint density at radius 2 is 2.15 bits per heavy atom. The molecule has 1 fully saturated rings. The van der Waals surface area contributed by atoms with Gasteiger partial charge in [0.2, 0.25) is 0 Å². The summed E-state index contributed by atoms with van der Waals surface area (Å²) in [4.78, 5) is 2.30. The lowest BCUT2D eigenvalue weighted by Gasteiger charge is -2.26. The van der Waals surface area contributed by atoms with Crippen LogP contribution >= 0.6 is 0 Å². The van der Waals surface area contributed by atoms with Gasteiger partial charge in [-0.05, 0) is 37.1 Å². The van der Waals surface area contributed by atoms with E-state index < -0.39 is 0 Å². The molecule has 112 valence electrons. The van der Waals surface area contributed by atoms with Crippen molar-refractivity contribution in [2.45, 2.75) is 19.4 Å². The fourth-order valence-electron chi connectivity index (χ4n) is 2.30. The second-order valence-electron chi connectivity index (χ2n) is 5.24. The molecule has 1 aliphatic rings. The number of hydrogen-bond donors (Lipinski definition) is 1. The van der Waals surface area contributed by atoms with Crippen LogP contribution in [0.15, 0.2) is 18.2 Å². The number of benzene rings is 1. The van der Waals surface area contributed by atoms with Crippen LogP contribution in [0.4, 0.5) is 4.39 Å². The first-order chi connectivity index (χ1) is 9.65. The number of hydrogen-bond acceptors (Lipinski definition) is 4. The van der Waals surface area contributed by atoms with Crippen molar-refractivity contribution in [3.05, 3.63) is 29.6 Å². The second-order valence-corrected chi connectivity index (χ2v) is 5.24. The number of nitrogens with two attached hydrogens (primary N) is 1. The van der Waals surface area contributed by atoms with E-state index in [4.69, 9.17) is 15.2 Å². The quantitative estimate of drug-likeness (QED) is 0.857. The van der Waals surface area contributed by atoms with E-state index >= 15 is 0 Å². The molecule has 1 aromatic rings. The largest absolute Gasteiger partial charge is 0.492 e. The molecule has 0 aliphatic carbocycles. The van der Waals surface area contributed by atoms with Crippen LogP contribution in [0.2, 0.25) is 0 Å². The molecule has 2 N–H and O–H groups in total. The Kier molecular flexibility index (Phi) is 5.76. The van der Waals surface area contributed by atoms with Crippen molar-refractivity contribution in [3.63, 3.8) is 0 Å². The van der Waals surface area contributed by atoms with Crippen LogP contribution in [0.1, 0.15) is 12.5 Å². The molecule has 1 heterocycles. The zero-order valence-electron chi connectivity index (χ0n) is 12.0. The van der Waals surface area contributed by atoms with E-state index in [1.165, 1.54) is 12.1 Å². The maximum absolute atomic E-state index is 13.3. The third-order valence-corrected chi connectivity index (χ3v) is 3.33.